The van der Waals surface area contributed by atoms with E-state index in [1.54, 1.807) is 6.92 Å². The first-order chi connectivity index (χ1) is 7.57. The normalized spacial score (nSPS) is 14.1. The molecular weight excluding hydrogens is 228 g/mol. The van der Waals surface area contributed by atoms with E-state index < -0.39 is 17.7 Å². The molecule has 16 heavy (non-hydrogen) atoms. The standard InChI is InChI=1S/C12H13ClO3/c1-8(9-5-3-2-4-6-9)11(12(15)16)10(14)7-13/h2-6,8,11H,7H2,1H3,(H,15,16). The van der Waals surface area contributed by atoms with Gasteiger partial charge in [-0.1, -0.05) is 37.3 Å². The van der Waals surface area contributed by atoms with Crippen molar-refractivity contribution in [2.45, 2.75) is 12.8 Å². The van der Waals surface area contributed by atoms with Gasteiger partial charge in [0.2, 0.25) is 0 Å². The molecule has 1 rings (SSSR count). The number of hydrogen-bond donors (Lipinski definition) is 1. The fourth-order valence-electron chi connectivity index (χ4n) is 1.66. The van der Waals surface area contributed by atoms with Crippen LogP contribution in [0.1, 0.15) is 18.4 Å². The van der Waals surface area contributed by atoms with Crippen LogP contribution < -0.4 is 0 Å². The van der Waals surface area contributed by atoms with Crippen molar-refractivity contribution in [3.63, 3.8) is 0 Å². The molecule has 2 unspecified atom stereocenters. The average Bonchev–Trinajstić information content (AvgIpc) is 2.29. The van der Waals surface area contributed by atoms with Gasteiger partial charge in [-0.3, -0.25) is 9.59 Å². The Labute approximate surface area is 99.0 Å². The molecule has 86 valence electrons. The lowest BCUT2D eigenvalue weighted by molar-refractivity contribution is -0.146. The first-order valence-electron chi connectivity index (χ1n) is 4.94. The van der Waals surface area contributed by atoms with Crippen LogP contribution in [-0.4, -0.2) is 22.7 Å². The summed E-state index contributed by atoms with van der Waals surface area (Å²) < 4.78 is 0. The zero-order chi connectivity index (χ0) is 12.1. The quantitative estimate of drug-likeness (QED) is 0.635. The summed E-state index contributed by atoms with van der Waals surface area (Å²) in [6, 6.07) is 9.09. The third-order valence-corrected chi connectivity index (χ3v) is 2.83. The second kappa shape index (κ2) is 5.66. The number of alkyl halides is 1. The zero-order valence-corrected chi connectivity index (χ0v) is 9.65. The highest BCUT2D eigenvalue weighted by Crippen LogP contribution is 2.25. The number of ketones is 1. The molecule has 0 fully saturated rings. The lowest BCUT2D eigenvalue weighted by Gasteiger charge is -2.18. The zero-order valence-electron chi connectivity index (χ0n) is 8.89. The maximum absolute atomic E-state index is 11.5. The summed E-state index contributed by atoms with van der Waals surface area (Å²) in [5, 5.41) is 9.03. The maximum Gasteiger partial charge on any atom is 0.314 e. The number of benzene rings is 1. The first kappa shape index (κ1) is 12.7. The summed E-state index contributed by atoms with van der Waals surface area (Å²) in [5.74, 6) is -3.29. The van der Waals surface area contributed by atoms with Crippen LogP contribution in [0.15, 0.2) is 30.3 Å². The molecule has 0 aliphatic rings. The number of rotatable bonds is 5. The van der Waals surface area contributed by atoms with Gasteiger partial charge in [0.1, 0.15) is 5.92 Å². The predicted octanol–water partition coefficient (Wildman–Crippen LogP) is 2.30. The van der Waals surface area contributed by atoms with Crippen molar-refractivity contribution in [2.75, 3.05) is 5.88 Å². The molecule has 1 aromatic rings. The van der Waals surface area contributed by atoms with Crippen LogP contribution in [0.2, 0.25) is 0 Å². The van der Waals surface area contributed by atoms with Crippen LogP contribution in [0.5, 0.6) is 0 Å². The smallest absolute Gasteiger partial charge is 0.314 e. The predicted molar refractivity (Wildman–Crippen MR) is 61.7 cm³/mol. The number of aliphatic carboxylic acids is 1. The molecule has 1 aromatic carbocycles. The van der Waals surface area contributed by atoms with Gasteiger partial charge in [0.05, 0.1) is 5.88 Å². The molecule has 0 aromatic heterocycles. The minimum Gasteiger partial charge on any atom is -0.481 e. The summed E-state index contributed by atoms with van der Waals surface area (Å²) in [7, 11) is 0. The Bertz CT molecular complexity index is 375. The molecule has 0 heterocycles. The van der Waals surface area contributed by atoms with Gasteiger partial charge in [0.25, 0.3) is 0 Å². The van der Waals surface area contributed by atoms with Gasteiger partial charge in [-0.2, -0.15) is 0 Å². The molecular formula is C12H13ClO3. The highest BCUT2D eigenvalue weighted by Gasteiger charge is 2.31. The van der Waals surface area contributed by atoms with E-state index in [-0.39, 0.29) is 11.8 Å². The van der Waals surface area contributed by atoms with E-state index >= 15 is 0 Å². The minimum atomic E-state index is -1.12. The number of Topliss-reactive ketones (excluding diaryl/α,β-unsaturated/α-hetero) is 1. The Hall–Kier alpha value is -1.35. The lowest BCUT2D eigenvalue weighted by atomic mass is 9.85. The van der Waals surface area contributed by atoms with Crippen LogP contribution in [0.4, 0.5) is 0 Å². The van der Waals surface area contributed by atoms with Crippen molar-refractivity contribution in [1.29, 1.82) is 0 Å². The Morgan fingerprint density at radius 3 is 2.31 bits per heavy atom. The van der Waals surface area contributed by atoms with Crippen LogP contribution in [0.25, 0.3) is 0 Å². The van der Waals surface area contributed by atoms with Crippen molar-refractivity contribution in [3.8, 4) is 0 Å². The topological polar surface area (TPSA) is 54.4 Å². The fraction of sp³-hybridized carbons (Fsp3) is 0.333. The van der Waals surface area contributed by atoms with E-state index in [1.165, 1.54) is 0 Å². The van der Waals surface area contributed by atoms with Crippen molar-refractivity contribution in [3.05, 3.63) is 35.9 Å². The van der Waals surface area contributed by atoms with Crippen LogP contribution in [0.3, 0.4) is 0 Å². The second-order valence-corrected chi connectivity index (χ2v) is 3.88. The molecule has 0 aliphatic heterocycles. The molecule has 0 amide bonds. The number of carbonyl (C=O) groups is 2. The monoisotopic (exact) mass is 240 g/mol. The summed E-state index contributed by atoms with van der Waals surface area (Å²) in [6.45, 7) is 1.72. The SMILES string of the molecule is CC(c1ccccc1)C(C(=O)O)C(=O)CCl. The Morgan fingerprint density at radius 2 is 1.88 bits per heavy atom. The molecule has 2 atom stereocenters. The van der Waals surface area contributed by atoms with E-state index in [4.69, 9.17) is 16.7 Å². The average molecular weight is 241 g/mol. The summed E-state index contributed by atoms with van der Waals surface area (Å²) in [6.07, 6.45) is 0. The second-order valence-electron chi connectivity index (χ2n) is 3.62. The fourth-order valence-corrected chi connectivity index (χ4v) is 1.83. The number of hydrogen-bond acceptors (Lipinski definition) is 2. The van der Waals surface area contributed by atoms with E-state index in [0.29, 0.717) is 0 Å². The Balaban J connectivity index is 2.96. The molecule has 0 radical (unpaired) electrons. The van der Waals surface area contributed by atoms with Crippen molar-refractivity contribution in [1.82, 2.24) is 0 Å². The van der Waals surface area contributed by atoms with Crippen LogP contribution in [-0.2, 0) is 9.59 Å². The van der Waals surface area contributed by atoms with E-state index in [0.717, 1.165) is 5.56 Å². The molecule has 3 nitrogen and oxygen atoms in total. The number of carboxylic acid groups (broad SMARTS) is 1. The van der Waals surface area contributed by atoms with Crippen LogP contribution in [0, 0.1) is 5.92 Å². The Kier molecular flexibility index (Phi) is 4.50. The molecule has 4 heteroatoms. The summed E-state index contributed by atoms with van der Waals surface area (Å²) >= 11 is 5.41. The molecule has 0 bridgehead atoms. The van der Waals surface area contributed by atoms with E-state index in [1.807, 2.05) is 30.3 Å². The van der Waals surface area contributed by atoms with Gasteiger partial charge in [-0.05, 0) is 5.56 Å². The van der Waals surface area contributed by atoms with Gasteiger partial charge < -0.3 is 5.11 Å². The van der Waals surface area contributed by atoms with Gasteiger partial charge in [0, 0.05) is 5.92 Å². The van der Waals surface area contributed by atoms with E-state index in [2.05, 4.69) is 0 Å². The first-order valence-corrected chi connectivity index (χ1v) is 5.47. The number of halogens is 1. The molecule has 0 saturated carbocycles. The molecule has 1 N–H and O–H groups in total. The largest absolute Gasteiger partial charge is 0.481 e. The van der Waals surface area contributed by atoms with Gasteiger partial charge in [-0.25, -0.2) is 0 Å². The van der Waals surface area contributed by atoms with Crippen LogP contribution >= 0.6 is 11.6 Å². The lowest BCUT2D eigenvalue weighted by Crippen LogP contribution is -2.29. The number of carbonyl (C=O) groups excluding carboxylic acids is 1. The van der Waals surface area contributed by atoms with E-state index in [9.17, 15) is 9.59 Å². The van der Waals surface area contributed by atoms with Crippen molar-refractivity contribution < 1.29 is 14.7 Å². The summed E-state index contributed by atoms with van der Waals surface area (Å²) in [5.41, 5.74) is 0.827. The van der Waals surface area contributed by atoms with Crippen molar-refractivity contribution >= 4 is 23.4 Å². The highest BCUT2D eigenvalue weighted by molar-refractivity contribution is 6.29. The molecule has 0 spiro atoms. The third kappa shape index (κ3) is 2.83. The molecule has 0 saturated heterocycles. The van der Waals surface area contributed by atoms with Gasteiger partial charge in [0.15, 0.2) is 5.78 Å². The maximum atomic E-state index is 11.5. The third-order valence-electron chi connectivity index (χ3n) is 2.57. The van der Waals surface area contributed by atoms with Gasteiger partial charge in [-0.15, -0.1) is 11.6 Å². The minimum absolute atomic E-state index is 0.270. The highest BCUT2D eigenvalue weighted by atomic mass is 35.5. The summed E-state index contributed by atoms with van der Waals surface area (Å²) in [4.78, 5) is 22.5. The van der Waals surface area contributed by atoms with Gasteiger partial charge >= 0.3 is 5.97 Å². The Morgan fingerprint density at radius 1 is 1.31 bits per heavy atom. The van der Waals surface area contributed by atoms with Crippen molar-refractivity contribution in [2.24, 2.45) is 5.92 Å². The number of carboxylic acids is 1. The molecule has 0 aliphatic carbocycles.